The Morgan fingerprint density at radius 1 is 1.13 bits per heavy atom. The topological polar surface area (TPSA) is 117 Å². The van der Waals surface area contributed by atoms with Crippen molar-refractivity contribution in [3.63, 3.8) is 0 Å². The number of imide groups is 1. The van der Waals surface area contributed by atoms with Crippen LogP contribution >= 0.6 is 0 Å². The fraction of sp³-hybridized carbons (Fsp3) is 0.524. The molecule has 31 heavy (non-hydrogen) atoms. The van der Waals surface area contributed by atoms with Gasteiger partial charge in [-0.3, -0.25) is 33.8 Å². The van der Waals surface area contributed by atoms with Gasteiger partial charge in [0.05, 0.1) is 11.0 Å². The first-order valence-corrected chi connectivity index (χ1v) is 10.6. The molecule has 1 unspecified atom stereocenters. The Labute approximate surface area is 178 Å². The maximum atomic E-state index is 13.1. The molecular formula is C21H25N5O5. The number of aryl methyl sites for hydroxylation is 1. The molecule has 10 heteroatoms. The van der Waals surface area contributed by atoms with Crippen LogP contribution in [-0.2, 0) is 23.2 Å². The van der Waals surface area contributed by atoms with Gasteiger partial charge in [0.2, 0.25) is 11.8 Å². The van der Waals surface area contributed by atoms with E-state index in [1.807, 2.05) is 18.2 Å². The number of carbonyl (C=O) groups excluding carboxylic acids is 2. The number of carbonyl (C=O) groups is 3. The minimum absolute atomic E-state index is 0.00680. The average molecular weight is 427 g/mol. The molecule has 0 aliphatic carbocycles. The van der Waals surface area contributed by atoms with E-state index in [-0.39, 0.29) is 30.1 Å². The average Bonchev–Trinajstić information content (AvgIpc) is 3.14. The van der Waals surface area contributed by atoms with Gasteiger partial charge in [0.25, 0.3) is 0 Å². The second-order valence-corrected chi connectivity index (χ2v) is 8.73. The number of amides is 3. The van der Waals surface area contributed by atoms with Crippen LogP contribution in [0.25, 0.3) is 11.0 Å². The zero-order chi connectivity index (χ0) is 21.9. The summed E-state index contributed by atoms with van der Waals surface area (Å²) in [6, 6.07) is 4.98. The van der Waals surface area contributed by atoms with Crippen LogP contribution in [-0.4, -0.2) is 67.1 Å². The van der Waals surface area contributed by atoms with Crippen LogP contribution < -0.4 is 11.0 Å². The number of rotatable bonds is 3. The fourth-order valence-corrected chi connectivity index (χ4v) is 5.55. The standard InChI is InChI=1S/C21H25N5O5/c1-23-18-12(9-24-10-13-5-6-14(11-24)25(13)21(30)31)3-2-4-15(18)26(20(23)29)16-7-8-17(27)22-19(16)28/h2-4,13-14,16H,5-11H2,1H3,(H,30,31)(H,22,27,28)/t13-,14+,16?. The number of nitrogens with one attached hydrogen (secondary N) is 1. The van der Waals surface area contributed by atoms with Gasteiger partial charge in [0.15, 0.2) is 0 Å². The van der Waals surface area contributed by atoms with Crippen molar-refractivity contribution in [2.75, 3.05) is 13.1 Å². The lowest BCUT2D eigenvalue weighted by atomic mass is 10.1. The van der Waals surface area contributed by atoms with Crippen LogP contribution in [0.1, 0.15) is 37.3 Å². The summed E-state index contributed by atoms with van der Waals surface area (Å²) < 4.78 is 3.06. The summed E-state index contributed by atoms with van der Waals surface area (Å²) in [5.41, 5.74) is 2.12. The summed E-state index contributed by atoms with van der Waals surface area (Å²) in [6.45, 7) is 1.94. The van der Waals surface area contributed by atoms with Gasteiger partial charge in [0, 0.05) is 45.2 Å². The minimum atomic E-state index is -0.849. The Morgan fingerprint density at radius 3 is 2.48 bits per heavy atom. The van der Waals surface area contributed by atoms with Crippen LogP contribution in [0.4, 0.5) is 4.79 Å². The SMILES string of the molecule is Cn1c(=O)n(C2CCC(=O)NC2=O)c2cccc(CN3C[C@H]4CC[C@@H](C3)N4C(=O)O)c21. The Bertz CT molecular complexity index is 1140. The fourth-order valence-electron chi connectivity index (χ4n) is 5.55. The van der Waals surface area contributed by atoms with Gasteiger partial charge in [-0.2, -0.15) is 0 Å². The van der Waals surface area contributed by atoms with E-state index in [1.165, 1.54) is 4.57 Å². The van der Waals surface area contributed by atoms with E-state index in [0.717, 1.165) is 23.9 Å². The molecule has 3 aliphatic rings. The number of para-hydroxylation sites is 1. The van der Waals surface area contributed by atoms with E-state index < -0.39 is 18.0 Å². The number of imidazole rings is 1. The summed E-state index contributed by atoms with van der Waals surface area (Å²) in [4.78, 5) is 52.4. The third kappa shape index (κ3) is 3.13. The molecule has 164 valence electrons. The quantitative estimate of drug-likeness (QED) is 0.695. The smallest absolute Gasteiger partial charge is 0.407 e. The second kappa shape index (κ2) is 7.23. The van der Waals surface area contributed by atoms with E-state index in [2.05, 4.69) is 10.2 Å². The normalized spacial score (nSPS) is 26.5. The summed E-state index contributed by atoms with van der Waals surface area (Å²) in [6.07, 6.45) is 1.41. The first-order chi connectivity index (χ1) is 14.8. The highest BCUT2D eigenvalue weighted by Gasteiger charge is 2.42. The molecule has 3 atom stereocenters. The second-order valence-electron chi connectivity index (χ2n) is 8.73. The summed E-state index contributed by atoms with van der Waals surface area (Å²) in [5, 5.41) is 11.8. The van der Waals surface area contributed by atoms with Gasteiger partial charge in [-0.05, 0) is 30.9 Å². The molecule has 0 spiro atoms. The summed E-state index contributed by atoms with van der Waals surface area (Å²) in [7, 11) is 1.70. The van der Waals surface area contributed by atoms with Gasteiger partial charge >= 0.3 is 11.8 Å². The van der Waals surface area contributed by atoms with E-state index in [1.54, 1.807) is 16.5 Å². The zero-order valence-corrected chi connectivity index (χ0v) is 17.3. The predicted octanol–water partition coefficient (Wildman–Crippen LogP) is 0.644. The number of hydrogen-bond acceptors (Lipinski definition) is 5. The largest absolute Gasteiger partial charge is 0.465 e. The van der Waals surface area contributed by atoms with Crippen molar-refractivity contribution >= 4 is 28.9 Å². The number of likely N-dealkylation sites (tertiary alicyclic amines) is 1. The molecule has 3 amide bonds. The molecule has 2 bridgehead atoms. The monoisotopic (exact) mass is 427 g/mol. The molecule has 1 aromatic heterocycles. The Balaban J connectivity index is 1.48. The van der Waals surface area contributed by atoms with Crippen LogP contribution in [0.5, 0.6) is 0 Å². The van der Waals surface area contributed by atoms with Crippen molar-refractivity contribution in [3.8, 4) is 0 Å². The van der Waals surface area contributed by atoms with Crippen LogP contribution in [0.15, 0.2) is 23.0 Å². The molecule has 2 aromatic rings. The lowest BCUT2D eigenvalue weighted by Gasteiger charge is -2.39. The number of piperazine rings is 1. The molecule has 3 fully saturated rings. The molecule has 5 rings (SSSR count). The Kier molecular flexibility index (Phi) is 4.62. The molecular weight excluding hydrogens is 402 g/mol. The van der Waals surface area contributed by atoms with Crippen LogP contribution in [0.3, 0.4) is 0 Å². The van der Waals surface area contributed by atoms with Crippen LogP contribution in [0.2, 0.25) is 0 Å². The Hall–Kier alpha value is -3.14. The third-order valence-electron chi connectivity index (χ3n) is 6.88. The van der Waals surface area contributed by atoms with Crippen molar-refractivity contribution in [2.45, 2.75) is 50.4 Å². The molecule has 0 saturated carbocycles. The number of nitrogens with zero attached hydrogens (tertiary/aromatic N) is 4. The first-order valence-electron chi connectivity index (χ1n) is 10.6. The molecule has 0 radical (unpaired) electrons. The Morgan fingerprint density at radius 2 is 1.84 bits per heavy atom. The van der Waals surface area contributed by atoms with Crippen molar-refractivity contribution < 1.29 is 19.5 Å². The molecule has 4 heterocycles. The van der Waals surface area contributed by atoms with Gasteiger partial charge < -0.3 is 5.11 Å². The highest BCUT2D eigenvalue weighted by molar-refractivity contribution is 6.00. The van der Waals surface area contributed by atoms with E-state index in [9.17, 15) is 24.3 Å². The predicted molar refractivity (Wildman–Crippen MR) is 111 cm³/mol. The number of hydrogen-bond donors (Lipinski definition) is 2. The van der Waals surface area contributed by atoms with Gasteiger partial charge in [-0.1, -0.05) is 12.1 Å². The number of fused-ring (bicyclic) bond motifs is 3. The summed E-state index contributed by atoms with van der Waals surface area (Å²) >= 11 is 0. The van der Waals surface area contributed by atoms with E-state index >= 15 is 0 Å². The van der Waals surface area contributed by atoms with E-state index in [0.29, 0.717) is 31.6 Å². The van der Waals surface area contributed by atoms with Crippen molar-refractivity contribution in [1.29, 1.82) is 0 Å². The minimum Gasteiger partial charge on any atom is -0.465 e. The number of benzene rings is 1. The number of aromatic nitrogens is 2. The number of carboxylic acid groups (broad SMARTS) is 1. The molecule has 1 aromatic carbocycles. The third-order valence-corrected chi connectivity index (χ3v) is 6.88. The molecule has 2 N–H and O–H groups in total. The van der Waals surface area contributed by atoms with Crippen LogP contribution in [0, 0.1) is 0 Å². The summed E-state index contributed by atoms with van der Waals surface area (Å²) in [5.74, 6) is -0.761. The molecule has 10 nitrogen and oxygen atoms in total. The molecule has 3 aliphatic heterocycles. The van der Waals surface area contributed by atoms with Crippen molar-refractivity contribution in [3.05, 3.63) is 34.2 Å². The highest BCUT2D eigenvalue weighted by atomic mass is 16.4. The first kappa shape index (κ1) is 19.8. The van der Waals surface area contributed by atoms with Gasteiger partial charge in [-0.15, -0.1) is 0 Å². The zero-order valence-electron chi connectivity index (χ0n) is 17.3. The maximum Gasteiger partial charge on any atom is 0.407 e. The maximum absolute atomic E-state index is 13.1. The van der Waals surface area contributed by atoms with Gasteiger partial charge in [-0.25, -0.2) is 9.59 Å². The van der Waals surface area contributed by atoms with Crippen molar-refractivity contribution in [2.24, 2.45) is 7.05 Å². The lowest BCUT2D eigenvalue weighted by molar-refractivity contribution is -0.135. The molecule has 3 saturated heterocycles. The van der Waals surface area contributed by atoms with Gasteiger partial charge in [0.1, 0.15) is 6.04 Å². The van der Waals surface area contributed by atoms with E-state index in [4.69, 9.17) is 0 Å². The number of piperidine rings is 1. The van der Waals surface area contributed by atoms with Crippen molar-refractivity contribution in [1.82, 2.24) is 24.3 Å². The lowest BCUT2D eigenvalue weighted by Crippen LogP contribution is -2.55. The highest BCUT2D eigenvalue weighted by Crippen LogP contribution is 2.32.